The van der Waals surface area contributed by atoms with E-state index in [1.165, 1.54) is 11.0 Å². The minimum Gasteiger partial charge on any atom is -0.480 e. The lowest BCUT2D eigenvalue weighted by Crippen LogP contribution is -2.57. The van der Waals surface area contributed by atoms with Crippen LogP contribution in [0.25, 0.3) is 0 Å². The Hall–Kier alpha value is -2.09. The normalized spacial score (nSPS) is 21.1. The van der Waals surface area contributed by atoms with E-state index in [1.807, 2.05) is 7.05 Å². The summed E-state index contributed by atoms with van der Waals surface area (Å²) >= 11 is 0. The van der Waals surface area contributed by atoms with E-state index in [-0.39, 0.29) is 23.4 Å². The van der Waals surface area contributed by atoms with Gasteiger partial charge in [0.25, 0.3) is 0 Å². The van der Waals surface area contributed by atoms with E-state index in [1.54, 1.807) is 30.7 Å². The molecule has 1 atom stereocenters. The van der Waals surface area contributed by atoms with Gasteiger partial charge in [-0.1, -0.05) is 20.4 Å². The standard InChI is InChI=1S/C18H30N4O4/c1-6-14(23)22-11-18(19(4)12-22)7-9-21(10-8-18)17(26)20(5)15(13(2)3)16(24)25/h6,13,15H,1,7-12H2,2-5H3,(H,24,25). The second kappa shape index (κ2) is 7.65. The number of carboxylic acids is 1. The lowest BCUT2D eigenvalue weighted by Gasteiger charge is -2.44. The largest absolute Gasteiger partial charge is 0.480 e. The van der Waals surface area contributed by atoms with Crippen LogP contribution in [-0.2, 0) is 9.59 Å². The fraction of sp³-hybridized carbons (Fsp3) is 0.722. The molecule has 0 saturated carbocycles. The van der Waals surface area contributed by atoms with Crippen molar-refractivity contribution < 1.29 is 19.5 Å². The molecule has 2 aliphatic rings. The summed E-state index contributed by atoms with van der Waals surface area (Å²) in [5.74, 6) is -1.23. The summed E-state index contributed by atoms with van der Waals surface area (Å²) < 4.78 is 0. The van der Waals surface area contributed by atoms with Gasteiger partial charge in [0.2, 0.25) is 5.91 Å². The van der Waals surface area contributed by atoms with Crippen molar-refractivity contribution in [2.24, 2.45) is 5.92 Å². The maximum Gasteiger partial charge on any atom is 0.326 e. The van der Waals surface area contributed by atoms with Crippen LogP contribution in [0.15, 0.2) is 12.7 Å². The number of aliphatic carboxylic acids is 1. The van der Waals surface area contributed by atoms with E-state index in [9.17, 15) is 19.5 Å². The molecule has 1 N–H and O–H groups in total. The fourth-order valence-electron chi connectivity index (χ4n) is 4.10. The van der Waals surface area contributed by atoms with Crippen LogP contribution in [0.3, 0.4) is 0 Å². The topological polar surface area (TPSA) is 84.4 Å². The molecule has 0 aromatic rings. The van der Waals surface area contributed by atoms with Gasteiger partial charge < -0.3 is 19.8 Å². The maximum atomic E-state index is 12.7. The van der Waals surface area contributed by atoms with Crippen molar-refractivity contribution in [1.82, 2.24) is 19.6 Å². The molecule has 0 aromatic carbocycles. The number of carbonyl (C=O) groups excluding carboxylic acids is 2. The summed E-state index contributed by atoms with van der Waals surface area (Å²) in [5, 5.41) is 9.40. The SMILES string of the molecule is C=CC(=O)N1CN(C)C2(CCN(C(=O)N(C)C(C(=O)O)C(C)C)CC2)C1. The second-order valence-electron chi connectivity index (χ2n) is 7.71. The van der Waals surface area contributed by atoms with Gasteiger partial charge in [-0.25, -0.2) is 9.59 Å². The number of nitrogens with zero attached hydrogens (tertiary/aromatic N) is 4. The average molecular weight is 366 g/mol. The third-order valence-corrected chi connectivity index (χ3v) is 5.73. The summed E-state index contributed by atoms with van der Waals surface area (Å²) in [6, 6.07) is -1.09. The lowest BCUT2D eigenvalue weighted by atomic mass is 9.87. The molecule has 0 aliphatic carbocycles. The predicted octanol–water partition coefficient (Wildman–Crippen LogP) is 0.900. The van der Waals surface area contributed by atoms with Crippen LogP contribution in [0.4, 0.5) is 4.79 Å². The van der Waals surface area contributed by atoms with Crippen molar-refractivity contribution >= 4 is 17.9 Å². The van der Waals surface area contributed by atoms with Gasteiger partial charge in [0.15, 0.2) is 0 Å². The number of hydrogen-bond donors (Lipinski definition) is 1. The van der Waals surface area contributed by atoms with E-state index in [2.05, 4.69) is 11.5 Å². The Bertz CT molecular complexity index is 584. The highest BCUT2D eigenvalue weighted by molar-refractivity contribution is 5.87. The van der Waals surface area contributed by atoms with Crippen molar-refractivity contribution in [1.29, 1.82) is 0 Å². The van der Waals surface area contributed by atoms with Crippen molar-refractivity contribution in [2.45, 2.75) is 38.3 Å². The Morgan fingerprint density at radius 1 is 1.19 bits per heavy atom. The molecule has 2 aliphatic heterocycles. The summed E-state index contributed by atoms with van der Waals surface area (Å²) in [4.78, 5) is 43.1. The molecule has 146 valence electrons. The Morgan fingerprint density at radius 3 is 2.23 bits per heavy atom. The highest BCUT2D eigenvalue weighted by atomic mass is 16.4. The van der Waals surface area contributed by atoms with Gasteiger partial charge in [-0.2, -0.15) is 0 Å². The average Bonchev–Trinajstić information content (AvgIpc) is 2.90. The van der Waals surface area contributed by atoms with Gasteiger partial charge in [-0.05, 0) is 31.9 Å². The monoisotopic (exact) mass is 366 g/mol. The van der Waals surface area contributed by atoms with Crippen molar-refractivity contribution in [3.63, 3.8) is 0 Å². The first kappa shape index (κ1) is 20.2. The van der Waals surface area contributed by atoms with Crippen molar-refractivity contribution in [3.8, 4) is 0 Å². The van der Waals surface area contributed by atoms with Gasteiger partial charge in [0, 0.05) is 32.2 Å². The molecule has 2 fully saturated rings. The second-order valence-corrected chi connectivity index (χ2v) is 7.71. The smallest absolute Gasteiger partial charge is 0.326 e. The minimum absolute atomic E-state index is 0.0757. The van der Waals surface area contributed by atoms with Crippen molar-refractivity contribution in [3.05, 3.63) is 12.7 Å². The maximum absolute atomic E-state index is 12.7. The van der Waals surface area contributed by atoms with Gasteiger partial charge >= 0.3 is 12.0 Å². The number of piperidine rings is 1. The molecular weight excluding hydrogens is 336 g/mol. The van der Waals surface area contributed by atoms with Gasteiger partial charge in [0.1, 0.15) is 6.04 Å². The molecular formula is C18H30N4O4. The molecule has 2 saturated heterocycles. The van der Waals surface area contributed by atoms with Crippen LogP contribution in [-0.4, -0.2) is 94.6 Å². The van der Waals surface area contributed by atoms with Gasteiger partial charge in [0.05, 0.1) is 6.67 Å². The summed E-state index contributed by atoms with van der Waals surface area (Å²) in [6.07, 6.45) is 2.84. The van der Waals surface area contributed by atoms with Crippen LogP contribution >= 0.6 is 0 Å². The minimum atomic E-state index is -0.988. The molecule has 2 heterocycles. The number of rotatable bonds is 4. The lowest BCUT2D eigenvalue weighted by molar-refractivity contribution is -0.143. The molecule has 1 spiro atoms. The molecule has 0 bridgehead atoms. The van der Waals surface area contributed by atoms with E-state index < -0.39 is 12.0 Å². The van der Waals surface area contributed by atoms with Crippen LogP contribution in [0.1, 0.15) is 26.7 Å². The van der Waals surface area contributed by atoms with Gasteiger partial charge in [-0.15, -0.1) is 0 Å². The third kappa shape index (κ3) is 3.70. The zero-order valence-electron chi connectivity index (χ0n) is 16.1. The van der Waals surface area contributed by atoms with Crippen LogP contribution in [0.2, 0.25) is 0 Å². The number of carbonyl (C=O) groups is 3. The van der Waals surface area contributed by atoms with Crippen LogP contribution in [0.5, 0.6) is 0 Å². The fourth-order valence-corrected chi connectivity index (χ4v) is 4.10. The first-order valence-electron chi connectivity index (χ1n) is 9.00. The number of likely N-dealkylation sites (tertiary alicyclic amines) is 1. The third-order valence-electron chi connectivity index (χ3n) is 5.73. The molecule has 8 heteroatoms. The Labute approximate surface area is 155 Å². The first-order valence-corrected chi connectivity index (χ1v) is 9.00. The first-order chi connectivity index (χ1) is 12.1. The summed E-state index contributed by atoms with van der Waals surface area (Å²) in [7, 11) is 3.55. The Kier molecular flexibility index (Phi) is 5.95. The highest BCUT2D eigenvalue weighted by Gasteiger charge is 2.46. The summed E-state index contributed by atoms with van der Waals surface area (Å²) in [5.41, 5.74) is -0.127. The molecule has 1 unspecified atom stereocenters. The molecule has 2 rings (SSSR count). The van der Waals surface area contributed by atoms with E-state index >= 15 is 0 Å². The quantitative estimate of drug-likeness (QED) is 0.748. The molecule has 8 nitrogen and oxygen atoms in total. The molecule has 3 amide bonds. The number of hydrogen-bond acceptors (Lipinski definition) is 4. The van der Waals surface area contributed by atoms with Crippen molar-refractivity contribution in [2.75, 3.05) is 40.4 Å². The Balaban J connectivity index is 2.01. The zero-order valence-corrected chi connectivity index (χ0v) is 16.1. The van der Waals surface area contributed by atoms with Crippen LogP contribution < -0.4 is 0 Å². The van der Waals surface area contributed by atoms with Gasteiger partial charge in [-0.3, -0.25) is 9.69 Å². The van der Waals surface area contributed by atoms with Crippen LogP contribution in [0, 0.1) is 5.92 Å². The predicted molar refractivity (Wildman–Crippen MR) is 97.5 cm³/mol. The molecule has 26 heavy (non-hydrogen) atoms. The number of carboxylic acid groups (broad SMARTS) is 1. The Morgan fingerprint density at radius 2 is 1.77 bits per heavy atom. The summed E-state index contributed by atoms with van der Waals surface area (Å²) in [6.45, 7) is 9.44. The number of likely N-dealkylation sites (N-methyl/N-ethyl adjacent to an activating group) is 2. The molecule has 0 aromatic heterocycles. The highest BCUT2D eigenvalue weighted by Crippen LogP contribution is 2.34. The molecule has 0 radical (unpaired) electrons. The van der Waals surface area contributed by atoms with E-state index in [0.717, 1.165) is 12.8 Å². The number of urea groups is 1. The van der Waals surface area contributed by atoms with E-state index in [0.29, 0.717) is 26.3 Å². The van der Waals surface area contributed by atoms with E-state index in [4.69, 9.17) is 0 Å². The zero-order chi connectivity index (χ0) is 19.6. The number of amides is 3.